The number of hydrogen-bond acceptors (Lipinski definition) is 2. The van der Waals surface area contributed by atoms with Crippen LogP contribution in [0.25, 0.3) is 0 Å². The summed E-state index contributed by atoms with van der Waals surface area (Å²) in [6, 6.07) is 0.431. The summed E-state index contributed by atoms with van der Waals surface area (Å²) in [5, 5.41) is 2.90. The fourth-order valence-corrected chi connectivity index (χ4v) is 2.60. The van der Waals surface area contributed by atoms with Crippen molar-refractivity contribution in [3.05, 3.63) is 0 Å². The number of rotatable bonds is 5. The molecule has 0 aromatic heterocycles. The van der Waals surface area contributed by atoms with Crippen LogP contribution < -0.4 is 5.32 Å². The molecule has 4 nitrogen and oxygen atoms in total. The summed E-state index contributed by atoms with van der Waals surface area (Å²) in [5.41, 5.74) is -0.357. The molecule has 0 spiro atoms. The molecule has 0 radical (unpaired) electrons. The molecule has 1 rings (SSSR count). The highest BCUT2D eigenvalue weighted by Crippen LogP contribution is 2.20. The van der Waals surface area contributed by atoms with Crippen LogP contribution >= 0.6 is 0 Å². The van der Waals surface area contributed by atoms with Gasteiger partial charge < -0.3 is 10.2 Å². The van der Waals surface area contributed by atoms with Crippen LogP contribution in [0.2, 0.25) is 0 Å². The molecule has 1 unspecified atom stereocenters. The molecule has 1 fully saturated rings. The van der Waals surface area contributed by atoms with Crippen molar-refractivity contribution in [2.24, 2.45) is 5.41 Å². The van der Waals surface area contributed by atoms with Gasteiger partial charge in [0.05, 0.1) is 0 Å². The van der Waals surface area contributed by atoms with Crippen molar-refractivity contribution < 1.29 is 9.59 Å². The number of likely N-dealkylation sites (tertiary alicyclic amines) is 1. The van der Waals surface area contributed by atoms with Gasteiger partial charge in [0.15, 0.2) is 0 Å². The minimum atomic E-state index is -0.357. The Balaban J connectivity index is 2.27. The second kappa shape index (κ2) is 7.65. The minimum absolute atomic E-state index is 0.0503. The summed E-state index contributed by atoms with van der Waals surface area (Å²) in [5.74, 6) is 0.302. The molecular weight excluding hydrogens is 252 g/mol. The molecule has 2 amide bonds. The monoisotopic (exact) mass is 282 g/mol. The second-order valence-electron chi connectivity index (χ2n) is 6.75. The topological polar surface area (TPSA) is 49.4 Å². The zero-order chi connectivity index (χ0) is 15.2. The van der Waals surface area contributed by atoms with Gasteiger partial charge in [0.2, 0.25) is 11.8 Å². The molecule has 1 aliphatic rings. The van der Waals surface area contributed by atoms with Gasteiger partial charge in [-0.2, -0.15) is 0 Å². The number of amides is 2. The van der Waals surface area contributed by atoms with Crippen LogP contribution in [0.1, 0.15) is 66.2 Å². The first-order chi connectivity index (χ1) is 9.36. The lowest BCUT2D eigenvalue weighted by atomic mass is 9.95. The first-order valence-corrected chi connectivity index (χ1v) is 7.94. The third-order valence-corrected chi connectivity index (χ3v) is 3.95. The lowest BCUT2D eigenvalue weighted by Gasteiger charge is -2.35. The predicted octanol–water partition coefficient (Wildman–Crippen LogP) is 2.72. The van der Waals surface area contributed by atoms with Gasteiger partial charge >= 0.3 is 0 Å². The molecule has 0 aromatic rings. The van der Waals surface area contributed by atoms with E-state index in [-0.39, 0.29) is 17.2 Å². The minimum Gasteiger partial charge on any atom is -0.356 e. The molecule has 1 aliphatic heterocycles. The number of carbonyl (C=O) groups is 2. The van der Waals surface area contributed by atoms with Crippen LogP contribution in [0, 0.1) is 5.41 Å². The maximum Gasteiger partial charge on any atom is 0.225 e. The molecule has 116 valence electrons. The summed E-state index contributed by atoms with van der Waals surface area (Å²) in [4.78, 5) is 26.0. The summed E-state index contributed by atoms with van der Waals surface area (Å²) in [6.45, 7) is 9.34. The first kappa shape index (κ1) is 17.0. The summed E-state index contributed by atoms with van der Waals surface area (Å²) in [6.07, 6.45) is 5.83. The van der Waals surface area contributed by atoms with Crippen LogP contribution in [-0.2, 0) is 9.59 Å². The van der Waals surface area contributed by atoms with E-state index in [0.29, 0.717) is 19.0 Å². The van der Waals surface area contributed by atoms with Gasteiger partial charge in [-0.05, 0) is 32.1 Å². The molecular formula is C16H30N2O2. The van der Waals surface area contributed by atoms with E-state index in [4.69, 9.17) is 0 Å². The van der Waals surface area contributed by atoms with E-state index in [0.717, 1.165) is 32.2 Å². The SMILES string of the molecule is CCC1CCCCN1C(=O)CCCNC(=O)C(C)(C)C. The van der Waals surface area contributed by atoms with E-state index >= 15 is 0 Å². The summed E-state index contributed by atoms with van der Waals surface area (Å²) >= 11 is 0. The Labute approximate surface area is 123 Å². The lowest BCUT2D eigenvalue weighted by molar-refractivity contribution is -0.135. The zero-order valence-corrected chi connectivity index (χ0v) is 13.5. The first-order valence-electron chi connectivity index (χ1n) is 7.94. The van der Waals surface area contributed by atoms with Gasteiger partial charge in [-0.3, -0.25) is 9.59 Å². The van der Waals surface area contributed by atoms with Crippen LogP contribution in [-0.4, -0.2) is 35.8 Å². The predicted molar refractivity (Wildman–Crippen MR) is 81.3 cm³/mol. The fourth-order valence-electron chi connectivity index (χ4n) is 2.60. The molecule has 20 heavy (non-hydrogen) atoms. The summed E-state index contributed by atoms with van der Waals surface area (Å²) in [7, 11) is 0. The molecule has 1 saturated heterocycles. The molecule has 4 heteroatoms. The number of carbonyl (C=O) groups excluding carboxylic acids is 2. The lowest BCUT2D eigenvalue weighted by Crippen LogP contribution is -2.43. The Kier molecular flexibility index (Phi) is 6.50. The molecule has 0 bridgehead atoms. The Hall–Kier alpha value is -1.06. The van der Waals surface area contributed by atoms with Gasteiger partial charge in [0, 0.05) is 31.0 Å². The Morgan fingerprint density at radius 3 is 2.55 bits per heavy atom. The number of nitrogens with one attached hydrogen (secondary N) is 1. The van der Waals surface area contributed by atoms with Crippen LogP contribution in [0.5, 0.6) is 0 Å². The van der Waals surface area contributed by atoms with Crippen molar-refractivity contribution in [3.8, 4) is 0 Å². The van der Waals surface area contributed by atoms with Gasteiger partial charge in [0.1, 0.15) is 0 Å². The van der Waals surface area contributed by atoms with Gasteiger partial charge in [-0.25, -0.2) is 0 Å². The molecule has 0 aliphatic carbocycles. The highest BCUT2D eigenvalue weighted by molar-refractivity contribution is 5.81. The van der Waals surface area contributed by atoms with E-state index in [9.17, 15) is 9.59 Å². The molecule has 1 heterocycles. The Morgan fingerprint density at radius 2 is 1.95 bits per heavy atom. The molecule has 0 saturated carbocycles. The standard InChI is InChI=1S/C16H30N2O2/c1-5-13-9-6-7-12-18(13)14(19)10-8-11-17-15(20)16(2,3)4/h13H,5-12H2,1-4H3,(H,17,20). The van der Waals surface area contributed by atoms with E-state index in [2.05, 4.69) is 17.1 Å². The maximum atomic E-state index is 12.2. The van der Waals surface area contributed by atoms with Crippen molar-refractivity contribution in [2.45, 2.75) is 72.3 Å². The fraction of sp³-hybridized carbons (Fsp3) is 0.875. The van der Waals surface area contributed by atoms with Crippen molar-refractivity contribution in [2.75, 3.05) is 13.1 Å². The zero-order valence-electron chi connectivity index (χ0n) is 13.5. The highest BCUT2D eigenvalue weighted by atomic mass is 16.2. The normalized spacial score (nSPS) is 19.8. The Morgan fingerprint density at radius 1 is 1.25 bits per heavy atom. The number of nitrogens with zero attached hydrogens (tertiary/aromatic N) is 1. The third kappa shape index (κ3) is 5.14. The molecule has 0 aromatic carbocycles. The number of hydrogen-bond donors (Lipinski definition) is 1. The number of piperidine rings is 1. The van der Waals surface area contributed by atoms with Crippen molar-refractivity contribution in [1.29, 1.82) is 0 Å². The molecule has 1 N–H and O–H groups in total. The van der Waals surface area contributed by atoms with Crippen LogP contribution in [0.4, 0.5) is 0 Å². The van der Waals surface area contributed by atoms with Crippen molar-refractivity contribution >= 4 is 11.8 Å². The van der Waals surface area contributed by atoms with Crippen molar-refractivity contribution in [1.82, 2.24) is 10.2 Å². The quantitative estimate of drug-likeness (QED) is 0.788. The van der Waals surface area contributed by atoms with E-state index in [1.807, 2.05) is 20.8 Å². The maximum absolute atomic E-state index is 12.2. The van der Waals surface area contributed by atoms with Crippen LogP contribution in [0.15, 0.2) is 0 Å². The van der Waals surface area contributed by atoms with Gasteiger partial charge in [0.25, 0.3) is 0 Å². The average molecular weight is 282 g/mol. The highest BCUT2D eigenvalue weighted by Gasteiger charge is 2.25. The Bertz CT molecular complexity index is 334. The third-order valence-electron chi connectivity index (χ3n) is 3.95. The second-order valence-corrected chi connectivity index (χ2v) is 6.75. The molecule has 1 atom stereocenters. The van der Waals surface area contributed by atoms with E-state index in [1.165, 1.54) is 6.42 Å². The largest absolute Gasteiger partial charge is 0.356 e. The van der Waals surface area contributed by atoms with Gasteiger partial charge in [-0.1, -0.05) is 27.7 Å². The van der Waals surface area contributed by atoms with Crippen molar-refractivity contribution in [3.63, 3.8) is 0 Å². The van der Waals surface area contributed by atoms with Crippen LogP contribution in [0.3, 0.4) is 0 Å². The van der Waals surface area contributed by atoms with E-state index < -0.39 is 0 Å². The average Bonchev–Trinajstić information content (AvgIpc) is 2.41. The smallest absolute Gasteiger partial charge is 0.225 e. The summed E-state index contributed by atoms with van der Waals surface area (Å²) < 4.78 is 0. The van der Waals surface area contributed by atoms with E-state index in [1.54, 1.807) is 0 Å². The van der Waals surface area contributed by atoms with Gasteiger partial charge in [-0.15, -0.1) is 0 Å².